The van der Waals surface area contributed by atoms with Crippen LogP contribution in [-0.4, -0.2) is 11.2 Å². The second kappa shape index (κ2) is 3.45. The average Bonchev–Trinajstić information content (AvgIpc) is 2.36. The Labute approximate surface area is 80.8 Å². The third-order valence-corrected chi connectivity index (χ3v) is 3.90. The number of aliphatic hydroxyl groups excluding tert-OH is 1. The maximum absolute atomic E-state index is 9.68. The third kappa shape index (κ3) is 1.67. The summed E-state index contributed by atoms with van der Waals surface area (Å²) in [6.07, 6.45) is 5.77. The summed E-state index contributed by atoms with van der Waals surface area (Å²) in [5, 5.41) is 9.68. The second-order valence-corrected chi connectivity index (χ2v) is 4.86. The molecule has 2 aliphatic carbocycles. The Bertz CT molecular complexity index is 229. The fourth-order valence-corrected chi connectivity index (χ4v) is 3.08. The zero-order chi connectivity index (χ0) is 9.42. The van der Waals surface area contributed by atoms with Crippen molar-refractivity contribution in [1.29, 1.82) is 0 Å². The van der Waals surface area contributed by atoms with Gasteiger partial charge in [-0.05, 0) is 50.9 Å². The zero-order valence-electron chi connectivity index (χ0n) is 8.71. The van der Waals surface area contributed by atoms with Crippen LogP contribution in [0.25, 0.3) is 0 Å². The molecule has 0 aromatic rings. The van der Waals surface area contributed by atoms with Crippen LogP contribution < -0.4 is 0 Å². The Morgan fingerprint density at radius 1 is 1.23 bits per heavy atom. The maximum atomic E-state index is 9.68. The number of aliphatic hydroxyl groups is 1. The summed E-state index contributed by atoms with van der Waals surface area (Å²) in [6.45, 7) is 4.58. The van der Waals surface area contributed by atoms with Crippen molar-refractivity contribution in [2.45, 2.75) is 52.1 Å². The SMILES string of the molecule is CC1=C2CCC(O)CC(C)C2CC1. The molecule has 74 valence electrons. The van der Waals surface area contributed by atoms with Gasteiger partial charge in [0.1, 0.15) is 0 Å². The lowest BCUT2D eigenvalue weighted by Gasteiger charge is -2.19. The lowest BCUT2D eigenvalue weighted by atomic mass is 9.86. The molecule has 1 nitrogen and oxygen atoms in total. The fourth-order valence-electron chi connectivity index (χ4n) is 3.08. The molecule has 0 bridgehead atoms. The highest BCUT2D eigenvalue weighted by atomic mass is 16.3. The minimum Gasteiger partial charge on any atom is -0.393 e. The molecule has 1 fully saturated rings. The second-order valence-electron chi connectivity index (χ2n) is 4.86. The molecular weight excluding hydrogens is 160 g/mol. The van der Waals surface area contributed by atoms with E-state index in [-0.39, 0.29) is 6.10 Å². The smallest absolute Gasteiger partial charge is 0.0546 e. The van der Waals surface area contributed by atoms with Crippen molar-refractivity contribution in [1.82, 2.24) is 0 Å². The summed E-state index contributed by atoms with van der Waals surface area (Å²) < 4.78 is 0. The summed E-state index contributed by atoms with van der Waals surface area (Å²) in [6, 6.07) is 0. The van der Waals surface area contributed by atoms with E-state index in [4.69, 9.17) is 0 Å². The topological polar surface area (TPSA) is 20.2 Å². The molecule has 0 amide bonds. The third-order valence-electron chi connectivity index (χ3n) is 3.90. The van der Waals surface area contributed by atoms with Crippen molar-refractivity contribution in [3.63, 3.8) is 0 Å². The monoisotopic (exact) mass is 180 g/mol. The molecule has 13 heavy (non-hydrogen) atoms. The van der Waals surface area contributed by atoms with Crippen LogP contribution in [0.2, 0.25) is 0 Å². The minimum atomic E-state index is -0.0408. The van der Waals surface area contributed by atoms with Gasteiger partial charge in [-0.2, -0.15) is 0 Å². The number of hydrogen-bond donors (Lipinski definition) is 1. The first-order valence-electron chi connectivity index (χ1n) is 5.55. The molecule has 0 aromatic heterocycles. The Balaban J connectivity index is 2.20. The molecule has 3 atom stereocenters. The van der Waals surface area contributed by atoms with Crippen LogP contribution in [-0.2, 0) is 0 Å². The first-order valence-corrected chi connectivity index (χ1v) is 5.55. The van der Waals surface area contributed by atoms with E-state index in [0.717, 1.165) is 25.2 Å². The number of hydrogen-bond acceptors (Lipinski definition) is 1. The van der Waals surface area contributed by atoms with Crippen LogP contribution in [0.15, 0.2) is 11.1 Å². The summed E-state index contributed by atoms with van der Waals surface area (Å²) in [5.41, 5.74) is 3.30. The quantitative estimate of drug-likeness (QED) is 0.568. The highest BCUT2D eigenvalue weighted by Crippen LogP contribution is 2.43. The van der Waals surface area contributed by atoms with Gasteiger partial charge in [0.25, 0.3) is 0 Å². The average molecular weight is 180 g/mol. The van der Waals surface area contributed by atoms with E-state index in [1.54, 1.807) is 11.1 Å². The van der Waals surface area contributed by atoms with Crippen molar-refractivity contribution in [3.8, 4) is 0 Å². The van der Waals surface area contributed by atoms with E-state index in [2.05, 4.69) is 13.8 Å². The minimum absolute atomic E-state index is 0.0408. The summed E-state index contributed by atoms with van der Waals surface area (Å²) in [7, 11) is 0. The molecule has 0 aromatic carbocycles. The molecule has 2 aliphatic rings. The molecule has 0 heterocycles. The predicted octanol–water partition coefficient (Wildman–Crippen LogP) is 2.89. The van der Waals surface area contributed by atoms with Crippen molar-refractivity contribution in [3.05, 3.63) is 11.1 Å². The highest BCUT2D eigenvalue weighted by Gasteiger charge is 2.31. The van der Waals surface area contributed by atoms with Gasteiger partial charge in [0.2, 0.25) is 0 Å². The molecule has 3 unspecified atom stereocenters. The van der Waals surface area contributed by atoms with E-state index < -0.39 is 0 Å². The first-order chi connectivity index (χ1) is 6.18. The van der Waals surface area contributed by atoms with Crippen molar-refractivity contribution < 1.29 is 5.11 Å². The predicted molar refractivity (Wildman–Crippen MR) is 54.4 cm³/mol. The van der Waals surface area contributed by atoms with Crippen molar-refractivity contribution in [2.24, 2.45) is 11.8 Å². The molecule has 0 aliphatic heterocycles. The number of allylic oxidation sites excluding steroid dienone is 2. The molecule has 1 N–H and O–H groups in total. The van der Waals surface area contributed by atoms with E-state index in [9.17, 15) is 5.11 Å². The molecular formula is C12H20O. The van der Waals surface area contributed by atoms with Gasteiger partial charge in [0.05, 0.1) is 6.10 Å². The lowest BCUT2D eigenvalue weighted by Crippen LogP contribution is -2.13. The molecule has 2 rings (SSSR count). The van der Waals surface area contributed by atoms with E-state index >= 15 is 0 Å². The summed E-state index contributed by atoms with van der Waals surface area (Å²) in [5.74, 6) is 1.50. The highest BCUT2D eigenvalue weighted by molar-refractivity contribution is 5.23. The van der Waals surface area contributed by atoms with Gasteiger partial charge >= 0.3 is 0 Å². The van der Waals surface area contributed by atoms with Gasteiger partial charge in [-0.25, -0.2) is 0 Å². The molecule has 0 spiro atoms. The van der Waals surface area contributed by atoms with Crippen LogP contribution in [0.3, 0.4) is 0 Å². The Hall–Kier alpha value is -0.300. The van der Waals surface area contributed by atoms with E-state index in [1.807, 2.05) is 0 Å². The molecule has 1 heteroatoms. The number of rotatable bonds is 0. The van der Waals surface area contributed by atoms with Gasteiger partial charge in [-0.1, -0.05) is 18.1 Å². The lowest BCUT2D eigenvalue weighted by molar-refractivity contribution is 0.137. The van der Waals surface area contributed by atoms with Gasteiger partial charge in [-0.15, -0.1) is 0 Å². The summed E-state index contributed by atoms with van der Waals surface area (Å²) in [4.78, 5) is 0. The van der Waals surface area contributed by atoms with Gasteiger partial charge in [0.15, 0.2) is 0 Å². The van der Waals surface area contributed by atoms with Crippen LogP contribution in [0, 0.1) is 11.8 Å². The fraction of sp³-hybridized carbons (Fsp3) is 0.833. The van der Waals surface area contributed by atoms with Crippen LogP contribution in [0.1, 0.15) is 46.0 Å². The van der Waals surface area contributed by atoms with E-state index in [0.29, 0.717) is 5.92 Å². The van der Waals surface area contributed by atoms with Gasteiger partial charge in [0, 0.05) is 0 Å². The normalized spacial score (nSPS) is 40.4. The Morgan fingerprint density at radius 3 is 2.77 bits per heavy atom. The standard InChI is InChI=1S/C12H20O/c1-8-3-5-12-9(2)7-10(13)4-6-11(8)12/h9-10,12-13H,3-7H2,1-2H3. The molecule has 0 saturated heterocycles. The Kier molecular flexibility index (Phi) is 2.46. The zero-order valence-corrected chi connectivity index (χ0v) is 8.71. The molecule has 1 saturated carbocycles. The van der Waals surface area contributed by atoms with E-state index in [1.165, 1.54) is 12.8 Å². The van der Waals surface area contributed by atoms with Gasteiger partial charge in [-0.3, -0.25) is 0 Å². The van der Waals surface area contributed by atoms with Crippen LogP contribution in [0.4, 0.5) is 0 Å². The van der Waals surface area contributed by atoms with Crippen molar-refractivity contribution >= 4 is 0 Å². The Morgan fingerprint density at radius 2 is 2.00 bits per heavy atom. The first kappa shape index (κ1) is 9.26. The summed E-state index contributed by atoms with van der Waals surface area (Å²) >= 11 is 0. The van der Waals surface area contributed by atoms with Crippen molar-refractivity contribution in [2.75, 3.05) is 0 Å². The maximum Gasteiger partial charge on any atom is 0.0546 e. The van der Waals surface area contributed by atoms with Gasteiger partial charge < -0.3 is 5.11 Å². The van der Waals surface area contributed by atoms with Crippen LogP contribution in [0.5, 0.6) is 0 Å². The largest absolute Gasteiger partial charge is 0.393 e. The molecule has 0 radical (unpaired) electrons. The number of fused-ring (bicyclic) bond motifs is 1. The van der Waals surface area contributed by atoms with Crippen LogP contribution >= 0.6 is 0 Å².